The number of ether oxygens (including phenoxy) is 1. The van der Waals surface area contributed by atoms with Gasteiger partial charge in [-0.2, -0.15) is 0 Å². The number of esters is 1. The molecule has 0 radical (unpaired) electrons. The van der Waals surface area contributed by atoms with E-state index in [1.165, 1.54) is 6.92 Å². The van der Waals surface area contributed by atoms with Gasteiger partial charge in [-0.15, -0.1) is 0 Å². The molecule has 0 bridgehead atoms. The molecule has 0 fully saturated rings. The largest absolute Gasteiger partial charge is 0.425 e. The Morgan fingerprint density at radius 2 is 1.94 bits per heavy atom. The van der Waals surface area contributed by atoms with E-state index >= 15 is 0 Å². The summed E-state index contributed by atoms with van der Waals surface area (Å²) < 4.78 is 5.16. The number of anilines is 1. The summed E-state index contributed by atoms with van der Waals surface area (Å²) in [4.78, 5) is 42.7. The molecule has 4 N–H and O–H groups in total. The van der Waals surface area contributed by atoms with Crippen molar-refractivity contribution in [2.75, 3.05) is 31.5 Å². The summed E-state index contributed by atoms with van der Waals surface area (Å²) in [5.41, 5.74) is 4.19. The molecule has 0 saturated carbocycles. The maximum absolute atomic E-state index is 12.8. The predicted molar refractivity (Wildman–Crippen MR) is 131 cm³/mol. The van der Waals surface area contributed by atoms with E-state index in [-0.39, 0.29) is 17.6 Å². The first kappa shape index (κ1) is 25.2. The number of likely N-dealkylation sites (N-methyl/N-ethyl adjacent to an activating group) is 1. The van der Waals surface area contributed by atoms with Crippen molar-refractivity contribution in [3.63, 3.8) is 0 Å². The number of hydrogen-bond acceptors (Lipinski definition) is 6. The second-order valence-corrected chi connectivity index (χ2v) is 8.26. The quantitative estimate of drug-likeness (QED) is 0.255. The Bertz CT molecular complexity index is 1130. The molecule has 0 spiro atoms. The van der Waals surface area contributed by atoms with Crippen LogP contribution in [0.25, 0.3) is 11.6 Å². The monoisotopic (exact) mass is 468 g/mol. The van der Waals surface area contributed by atoms with E-state index in [1.807, 2.05) is 13.8 Å². The number of fused-ring (bicyclic) bond motifs is 1. The number of rotatable bonds is 9. The molecule has 1 aromatic carbocycles. The van der Waals surface area contributed by atoms with Crippen LogP contribution in [-0.4, -0.2) is 65.1 Å². The Morgan fingerprint density at radius 3 is 2.59 bits per heavy atom. The summed E-state index contributed by atoms with van der Waals surface area (Å²) in [7, 11) is 0. The van der Waals surface area contributed by atoms with Crippen molar-refractivity contribution in [3.8, 4) is 5.75 Å². The number of aromatic amines is 1. The van der Waals surface area contributed by atoms with Gasteiger partial charge >= 0.3 is 5.97 Å². The third-order valence-corrected chi connectivity index (χ3v) is 5.93. The summed E-state index contributed by atoms with van der Waals surface area (Å²) in [5, 5.41) is 15.1. The van der Waals surface area contributed by atoms with Gasteiger partial charge in [0.25, 0.3) is 11.8 Å². The first-order valence-corrected chi connectivity index (χ1v) is 11.4. The predicted octanol–water partition coefficient (Wildman–Crippen LogP) is 2.48. The number of H-pyrrole nitrogens is 1. The van der Waals surface area contributed by atoms with Crippen molar-refractivity contribution in [1.29, 1.82) is 0 Å². The van der Waals surface area contributed by atoms with Crippen molar-refractivity contribution in [2.24, 2.45) is 0 Å². The lowest BCUT2D eigenvalue weighted by atomic mass is 10.0. The number of nitrogens with zero attached hydrogens (tertiary/aromatic N) is 1. The molecule has 9 heteroatoms. The molecule has 3 rings (SSSR count). The van der Waals surface area contributed by atoms with Crippen LogP contribution in [0.4, 0.5) is 5.69 Å². The van der Waals surface area contributed by atoms with Gasteiger partial charge in [0.15, 0.2) is 0 Å². The lowest BCUT2D eigenvalue weighted by molar-refractivity contribution is -0.142. The zero-order chi connectivity index (χ0) is 25.0. The van der Waals surface area contributed by atoms with Crippen LogP contribution in [0.3, 0.4) is 0 Å². The third-order valence-electron chi connectivity index (χ3n) is 5.93. The van der Waals surface area contributed by atoms with Gasteiger partial charge in [0, 0.05) is 35.7 Å². The van der Waals surface area contributed by atoms with Gasteiger partial charge < -0.3 is 30.4 Å². The fourth-order valence-corrected chi connectivity index (χ4v) is 3.93. The first-order chi connectivity index (χ1) is 16.2. The Kier molecular flexibility index (Phi) is 7.90. The molecule has 182 valence electrons. The number of aliphatic hydroxyl groups is 1. The first-order valence-electron chi connectivity index (χ1n) is 11.4. The van der Waals surface area contributed by atoms with Crippen molar-refractivity contribution in [3.05, 3.63) is 46.3 Å². The number of carbonyl (C=O) groups excluding carboxylic acids is 3. The molecule has 9 nitrogen and oxygen atoms in total. The van der Waals surface area contributed by atoms with E-state index in [4.69, 9.17) is 4.74 Å². The van der Waals surface area contributed by atoms with Gasteiger partial charge in [0.05, 0.1) is 11.1 Å². The Hall–Kier alpha value is -3.43. The Morgan fingerprint density at radius 1 is 1.24 bits per heavy atom. The second kappa shape index (κ2) is 10.7. The van der Waals surface area contributed by atoms with Crippen LogP contribution in [0, 0.1) is 13.8 Å². The van der Waals surface area contributed by atoms with E-state index in [2.05, 4.69) is 34.4 Å². The molecule has 34 heavy (non-hydrogen) atoms. The number of aryl methyl sites for hydroxylation is 1. The number of carbonyl (C=O) groups is 3. The van der Waals surface area contributed by atoms with Crippen molar-refractivity contribution < 1.29 is 24.2 Å². The zero-order valence-electron chi connectivity index (χ0n) is 20.2. The lowest BCUT2D eigenvalue weighted by Gasteiger charge is -2.18. The van der Waals surface area contributed by atoms with E-state index < -0.39 is 12.1 Å². The number of aromatic nitrogens is 1. The summed E-state index contributed by atoms with van der Waals surface area (Å²) in [6.45, 7) is 12.3. The second-order valence-electron chi connectivity index (χ2n) is 8.26. The van der Waals surface area contributed by atoms with E-state index in [0.29, 0.717) is 40.3 Å². The average Bonchev–Trinajstić information content (AvgIpc) is 3.25. The topological polar surface area (TPSA) is 124 Å². The molecular weight excluding hydrogens is 436 g/mol. The highest BCUT2D eigenvalue weighted by Gasteiger charge is 2.27. The number of nitrogens with one attached hydrogen (secondary N) is 3. The molecular formula is C25H32N4O5. The minimum Gasteiger partial charge on any atom is -0.425 e. The van der Waals surface area contributed by atoms with Crippen LogP contribution in [0.5, 0.6) is 5.75 Å². The maximum atomic E-state index is 12.8. The van der Waals surface area contributed by atoms with Gasteiger partial charge in [-0.3, -0.25) is 9.59 Å². The highest BCUT2D eigenvalue weighted by Crippen LogP contribution is 2.36. The number of aliphatic hydroxyl groups excluding tert-OH is 1. The van der Waals surface area contributed by atoms with Gasteiger partial charge in [-0.05, 0) is 63.7 Å². The number of hydrogen-bond donors (Lipinski definition) is 4. The molecule has 1 atom stereocenters. The average molecular weight is 469 g/mol. The molecule has 1 aliphatic rings. The highest BCUT2D eigenvalue weighted by molar-refractivity contribution is 6.35. The summed E-state index contributed by atoms with van der Waals surface area (Å²) in [6.07, 6.45) is 0.431. The van der Waals surface area contributed by atoms with Crippen LogP contribution in [0.1, 0.15) is 53.6 Å². The molecule has 2 aromatic rings. The maximum Gasteiger partial charge on any atom is 0.340 e. The third kappa shape index (κ3) is 5.37. The van der Waals surface area contributed by atoms with Crippen molar-refractivity contribution >= 4 is 35.1 Å². The fraction of sp³-hybridized carbons (Fsp3) is 0.400. The lowest BCUT2D eigenvalue weighted by Crippen LogP contribution is -2.35. The summed E-state index contributed by atoms with van der Waals surface area (Å²) in [6, 6.07) is 4.76. The van der Waals surface area contributed by atoms with Crippen LogP contribution in [0.15, 0.2) is 18.2 Å². The van der Waals surface area contributed by atoms with Gasteiger partial charge in [-0.25, -0.2) is 4.79 Å². The van der Waals surface area contributed by atoms with Crippen LogP contribution in [-0.2, 0) is 9.59 Å². The van der Waals surface area contributed by atoms with E-state index in [1.54, 1.807) is 24.3 Å². The van der Waals surface area contributed by atoms with Crippen LogP contribution < -0.4 is 15.4 Å². The van der Waals surface area contributed by atoms with Gasteiger partial charge in [-0.1, -0.05) is 13.8 Å². The highest BCUT2D eigenvalue weighted by atomic mass is 16.5. The normalized spacial score (nSPS) is 14.8. The standard InChI is InChI=1S/C25H32N4O5/c1-6-29(7-2)11-10-26-24(32)22-14(3)21(27-15(22)4)13-19-18-12-17(34-25(33)16(5)30)8-9-20(18)28-23(19)31/h8-9,12-13,16,27,30H,6-7,10-11H2,1-5H3,(H,26,32)(H,28,31)/b19-13-/t16-/m0/s1. The smallest absolute Gasteiger partial charge is 0.340 e. The van der Waals surface area contributed by atoms with E-state index in [0.717, 1.165) is 25.2 Å². The number of amides is 2. The summed E-state index contributed by atoms with van der Waals surface area (Å²) in [5.74, 6) is -1.02. The van der Waals surface area contributed by atoms with Crippen molar-refractivity contribution in [2.45, 2.75) is 40.7 Å². The molecule has 0 saturated heterocycles. The molecule has 0 unspecified atom stereocenters. The van der Waals surface area contributed by atoms with Gasteiger partial charge in [0.1, 0.15) is 11.9 Å². The minimum absolute atomic E-state index is 0.161. The fourth-order valence-electron chi connectivity index (χ4n) is 3.93. The van der Waals surface area contributed by atoms with E-state index in [9.17, 15) is 19.5 Å². The summed E-state index contributed by atoms with van der Waals surface area (Å²) >= 11 is 0. The molecule has 0 aliphatic carbocycles. The van der Waals surface area contributed by atoms with Crippen LogP contribution in [0.2, 0.25) is 0 Å². The van der Waals surface area contributed by atoms with Gasteiger partial charge in [0.2, 0.25) is 0 Å². The SMILES string of the molecule is CCN(CC)CCNC(=O)c1c(C)[nH]c(/C=C2\C(=O)Nc3ccc(OC(=O)[C@H](C)O)cc32)c1C. The molecule has 2 heterocycles. The molecule has 1 aliphatic heterocycles. The zero-order valence-corrected chi connectivity index (χ0v) is 20.2. The van der Waals surface area contributed by atoms with Crippen LogP contribution >= 0.6 is 0 Å². The minimum atomic E-state index is -1.26. The molecule has 1 aromatic heterocycles. The Labute approximate surface area is 199 Å². The number of benzene rings is 1. The Balaban J connectivity index is 1.85. The molecule has 2 amide bonds. The van der Waals surface area contributed by atoms with Crippen molar-refractivity contribution in [1.82, 2.24) is 15.2 Å².